The monoisotopic (exact) mass is 298 g/mol. The molecule has 1 aromatic rings. The fraction of sp³-hybridized carbons (Fsp3) is 0.643. The van der Waals surface area contributed by atoms with Crippen molar-refractivity contribution in [2.24, 2.45) is 5.92 Å². The number of piperidine rings is 1. The normalized spacial score (nSPS) is 22.4. The Morgan fingerprint density at radius 1 is 1.52 bits per heavy atom. The van der Waals surface area contributed by atoms with E-state index in [2.05, 4.69) is 22.2 Å². The molecule has 2 amide bonds. The Hall–Kier alpha value is -1.79. The summed E-state index contributed by atoms with van der Waals surface area (Å²) in [4.78, 5) is 21.5. The zero-order valence-corrected chi connectivity index (χ0v) is 12.2. The van der Waals surface area contributed by atoms with E-state index in [4.69, 9.17) is 0 Å². The third-order valence-corrected chi connectivity index (χ3v) is 3.75. The van der Waals surface area contributed by atoms with Gasteiger partial charge in [-0.1, -0.05) is 6.92 Å². The van der Waals surface area contributed by atoms with Gasteiger partial charge in [0.2, 0.25) is 0 Å². The van der Waals surface area contributed by atoms with E-state index in [0.29, 0.717) is 12.5 Å². The highest BCUT2D eigenvalue weighted by Gasteiger charge is 2.26. The quantitative estimate of drug-likeness (QED) is 0.933. The lowest BCUT2D eigenvalue weighted by molar-refractivity contribution is 0.139. The van der Waals surface area contributed by atoms with Crippen LogP contribution in [-0.2, 0) is 6.54 Å². The summed E-state index contributed by atoms with van der Waals surface area (Å²) in [5.74, 6) is 0.814. The number of nitrogens with one attached hydrogen (secondary N) is 1. The molecule has 1 aliphatic rings. The summed E-state index contributed by atoms with van der Waals surface area (Å²) in [6, 6.07) is 1.16. The predicted molar refractivity (Wildman–Crippen MR) is 73.8 cm³/mol. The van der Waals surface area contributed by atoms with E-state index >= 15 is 0 Å². The van der Waals surface area contributed by atoms with Crippen molar-refractivity contribution < 1.29 is 13.6 Å². The number of alkyl halides is 2. The van der Waals surface area contributed by atoms with Crippen molar-refractivity contribution in [2.75, 3.05) is 6.54 Å². The lowest BCUT2D eigenvalue weighted by atomic mass is 9.94. The lowest BCUT2D eigenvalue weighted by Crippen LogP contribution is -2.48. The number of halogens is 2. The van der Waals surface area contributed by atoms with Crippen LogP contribution in [0.4, 0.5) is 13.6 Å². The predicted octanol–water partition coefficient (Wildman–Crippen LogP) is 2.74. The number of hydrogen-bond acceptors (Lipinski definition) is 3. The summed E-state index contributed by atoms with van der Waals surface area (Å²) < 4.78 is 25.1. The zero-order chi connectivity index (χ0) is 15.4. The molecular formula is C14H20F2N4O. The minimum absolute atomic E-state index is 0.0537. The second kappa shape index (κ2) is 6.78. The largest absolute Gasteiger partial charge is 0.331 e. The zero-order valence-electron chi connectivity index (χ0n) is 12.2. The molecule has 2 heterocycles. The molecule has 21 heavy (non-hydrogen) atoms. The SMILES string of the molecule is C[C@@H]1CCN(C(=O)NCc2nccc(C(F)F)n2)[C@H](C)C1. The summed E-state index contributed by atoms with van der Waals surface area (Å²) >= 11 is 0. The molecule has 0 saturated carbocycles. The molecule has 1 aliphatic heterocycles. The Bertz CT molecular complexity index is 498. The molecule has 0 aromatic carbocycles. The second-order valence-corrected chi connectivity index (χ2v) is 5.53. The average Bonchev–Trinajstić information content (AvgIpc) is 2.45. The highest BCUT2D eigenvalue weighted by atomic mass is 19.3. The van der Waals surface area contributed by atoms with E-state index in [1.165, 1.54) is 12.3 Å². The Labute approximate surface area is 122 Å². The molecule has 0 radical (unpaired) electrons. The van der Waals surface area contributed by atoms with Crippen molar-refractivity contribution in [2.45, 2.75) is 45.7 Å². The maximum atomic E-state index is 12.5. The Balaban J connectivity index is 1.90. The van der Waals surface area contributed by atoms with Gasteiger partial charge in [-0.05, 0) is 31.7 Å². The molecule has 1 saturated heterocycles. The first-order valence-corrected chi connectivity index (χ1v) is 7.11. The number of likely N-dealkylation sites (tertiary alicyclic amines) is 1. The van der Waals surface area contributed by atoms with E-state index in [1.54, 1.807) is 4.90 Å². The molecule has 0 unspecified atom stereocenters. The van der Waals surface area contributed by atoms with Crippen LogP contribution in [0.1, 0.15) is 44.6 Å². The summed E-state index contributed by atoms with van der Waals surface area (Å²) in [6.45, 7) is 4.96. The van der Waals surface area contributed by atoms with Crippen LogP contribution in [0.2, 0.25) is 0 Å². The van der Waals surface area contributed by atoms with Crippen molar-refractivity contribution in [3.8, 4) is 0 Å². The smallest absolute Gasteiger partial charge is 0.318 e. The third-order valence-electron chi connectivity index (χ3n) is 3.75. The van der Waals surface area contributed by atoms with Crippen LogP contribution in [0.5, 0.6) is 0 Å². The van der Waals surface area contributed by atoms with Gasteiger partial charge < -0.3 is 10.2 Å². The van der Waals surface area contributed by atoms with Gasteiger partial charge in [0.1, 0.15) is 11.5 Å². The second-order valence-electron chi connectivity index (χ2n) is 5.53. The Kier molecular flexibility index (Phi) is 5.03. The maximum Gasteiger partial charge on any atom is 0.318 e. The molecule has 2 atom stereocenters. The van der Waals surface area contributed by atoms with Gasteiger partial charge in [-0.3, -0.25) is 0 Å². The average molecular weight is 298 g/mol. The van der Waals surface area contributed by atoms with Crippen LogP contribution in [-0.4, -0.2) is 33.5 Å². The van der Waals surface area contributed by atoms with Gasteiger partial charge in [0.25, 0.3) is 6.43 Å². The van der Waals surface area contributed by atoms with Crippen molar-refractivity contribution in [3.63, 3.8) is 0 Å². The highest BCUT2D eigenvalue weighted by molar-refractivity contribution is 5.74. The minimum atomic E-state index is -2.63. The number of amides is 2. The van der Waals surface area contributed by atoms with Crippen LogP contribution in [0.3, 0.4) is 0 Å². The number of aromatic nitrogens is 2. The number of hydrogen-bond donors (Lipinski definition) is 1. The van der Waals surface area contributed by atoms with Gasteiger partial charge in [-0.2, -0.15) is 0 Å². The van der Waals surface area contributed by atoms with Gasteiger partial charge in [0.05, 0.1) is 6.54 Å². The minimum Gasteiger partial charge on any atom is -0.331 e. The maximum absolute atomic E-state index is 12.5. The topological polar surface area (TPSA) is 58.1 Å². The molecular weight excluding hydrogens is 278 g/mol. The van der Waals surface area contributed by atoms with E-state index < -0.39 is 6.43 Å². The molecule has 1 N–H and O–H groups in total. The van der Waals surface area contributed by atoms with Crippen LogP contribution in [0, 0.1) is 5.92 Å². The van der Waals surface area contributed by atoms with Crippen molar-refractivity contribution in [3.05, 3.63) is 23.8 Å². The fourth-order valence-corrected chi connectivity index (χ4v) is 2.59. The van der Waals surface area contributed by atoms with E-state index in [0.717, 1.165) is 12.8 Å². The molecule has 7 heteroatoms. The van der Waals surface area contributed by atoms with Crippen LogP contribution in [0.25, 0.3) is 0 Å². The number of carbonyl (C=O) groups excluding carboxylic acids is 1. The summed E-state index contributed by atoms with van der Waals surface area (Å²) in [7, 11) is 0. The fourth-order valence-electron chi connectivity index (χ4n) is 2.59. The molecule has 1 aromatic heterocycles. The van der Waals surface area contributed by atoms with Crippen LogP contribution in [0.15, 0.2) is 12.3 Å². The first-order valence-electron chi connectivity index (χ1n) is 7.11. The summed E-state index contributed by atoms with van der Waals surface area (Å²) in [6.07, 6.45) is 0.604. The van der Waals surface area contributed by atoms with Crippen molar-refractivity contribution in [1.82, 2.24) is 20.2 Å². The standard InChI is InChI=1S/C14H20F2N4O/c1-9-4-6-20(10(2)7-9)14(21)18-8-12-17-5-3-11(19-12)13(15)16/h3,5,9-10,13H,4,6-8H2,1-2H3,(H,18,21)/t9-,10-/m1/s1. The van der Waals surface area contributed by atoms with E-state index in [1.807, 2.05) is 6.92 Å². The summed E-state index contributed by atoms with van der Waals surface area (Å²) in [5.41, 5.74) is -0.325. The Morgan fingerprint density at radius 3 is 2.95 bits per heavy atom. The van der Waals surface area contributed by atoms with Gasteiger partial charge in [-0.25, -0.2) is 23.5 Å². The van der Waals surface area contributed by atoms with E-state index in [9.17, 15) is 13.6 Å². The molecule has 5 nitrogen and oxygen atoms in total. The van der Waals surface area contributed by atoms with Crippen molar-refractivity contribution in [1.29, 1.82) is 0 Å². The molecule has 0 bridgehead atoms. The van der Waals surface area contributed by atoms with Gasteiger partial charge in [-0.15, -0.1) is 0 Å². The Morgan fingerprint density at radius 2 is 2.29 bits per heavy atom. The molecule has 116 valence electrons. The molecule has 1 fully saturated rings. The first kappa shape index (κ1) is 15.6. The number of carbonyl (C=O) groups is 1. The number of urea groups is 1. The van der Waals surface area contributed by atoms with Gasteiger partial charge >= 0.3 is 6.03 Å². The van der Waals surface area contributed by atoms with Gasteiger partial charge in [0, 0.05) is 18.8 Å². The molecule has 0 aliphatic carbocycles. The summed E-state index contributed by atoms with van der Waals surface area (Å²) in [5, 5.41) is 2.70. The van der Waals surface area contributed by atoms with Gasteiger partial charge in [0.15, 0.2) is 0 Å². The van der Waals surface area contributed by atoms with E-state index in [-0.39, 0.29) is 30.1 Å². The third kappa shape index (κ3) is 4.09. The number of nitrogens with zero attached hydrogens (tertiary/aromatic N) is 3. The highest BCUT2D eigenvalue weighted by Crippen LogP contribution is 2.22. The molecule has 2 rings (SSSR count). The first-order chi connectivity index (χ1) is 9.97. The van der Waals surface area contributed by atoms with Crippen molar-refractivity contribution >= 4 is 6.03 Å². The molecule has 0 spiro atoms. The van der Waals surface area contributed by atoms with Crippen LogP contribution < -0.4 is 5.32 Å². The lowest BCUT2D eigenvalue weighted by Gasteiger charge is -2.36. The van der Waals surface area contributed by atoms with Crippen LogP contribution >= 0.6 is 0 Å². The number of rotatable bonds is 3.